The smallest absolute Gasteiger partial charge is 0.422 e. The number of rotatable bonds is 7. The van der Waals surface area contributed by atoms with E-state index in [9.17, 15) is 26.7 Å². The molecule has 0 unspecified atom stereocenters. The second kappa shape index (κ2) is 9.61. The molecule has 35 heavy (non-hydrogen) atoms. The highest BCUT2D eigenvalue weighted by molar-refractivity contribution is 5.93. The standard InChI is InChI=1S/C24H17F5N2O4/c1-33-17-9-5-16(6-10-17)31-12-15-4-11-19(34-13-24(27,28)29)30-21(15)20(22(31)32)14-2-7-18(8-3-14)35-23(25)26/h2-12,23H,13H2,1H3. The Labute approximate surface area is 195 Å². The number of methoxy groups -OCH3 is 1. The molecule has 11 heteroatoms. The third kappa shape index (κ3) is 5.51. The third-order valence-electron chi connectivity index (χ3n) is 4.94. The van der Waals surface area contributed by atoms with Gasteiger partial charge in [0.1, 0.15) is 11.5 Å². The summed E-state index contributed by atoms with van der Waals surface area (Å²) >= 11 is 0. The molecule has 4 aromatic rings. The minimum absolute atomic E-state index is 0.0411. The maximum Gasteiger partial charge on any atom is 0.422 e. The molecule has 4 rings (SSSR count). The van der Waals surface area contributed by atoms with E-state index in [0.717, 1.165) is 0 Å². The highest BCUT2D eigenvalue weighted by atomic mass is 19.4. The number of hydrogen-bond donors (Lipinski definition) is 0. The van der Waals surface area contributed by atoms with Crippen molar-refractivity contribution >= 4 is 10.9 Å². The normalized spacial score (nSPS) is 11.6. The van der Waals surface area contributed by atoms with E-state index in [2.05, 4.69) is 9.72 Å². The predicted octanol–water partition coefficient (Wildman–Crippen LogP) is 5.60. The lowest BCUT2D eigenvalue weighted by Crippen LogP contribution is -2.21. The van der Waals surface area contributed by atoms with E-state index in [4.69, 9.17) is 9.47 Å². The van der Waals surface area contributed by atoms with Crippen LogP contribution in [0.25, 0.3) is 27.7 Å². The first-order valence-electron chi connectivity index (χ1n) is 10.1. The fourth-order valence-corrected chi connectivity index (χ4v) is 3.41. The van der Waals surface area contributed by atoms with Crippen molar-refractivity contribution in [2.24, 2.45) is 0 Å². The summed E-state index contributed by atoms with van der Waals surface area (Å²) in [5.74, 6) is 0.127. The van der Waals surface area contributed by atoms with Crippen LogP contribution in [-0.2, 0) is 0 Å². The summed E-state index contributed by atoms with van der Waals surface area (Å²) in [6.07, 6.45) is -3.07. The highest BCUT2D eigenvalue weighted by Crippen LogP contribution is 2.29. The fourth-order valence-electron chi connectivity index (χ4n) is 3.41. The first-order chi connectivity index (χ1) is 16.6. The topological polar surface area (TPSA) is 62.6 Å². The Hall–Kier alpha value is -4.15. The van der Waals surface area contributed by atoms with Crippen molar-refractivity contribution in [3.05, 3.63) is 77.2 Å². The SMILES string of the molecule is COc1ccc(-n2cc3ccc(OCC(F)(F)F)nc3c(-c3ccc(OC(F)F)cc3)c2=O)cc1. The van der Waals surface area contributed by atoms with Gasteiger partial charge in [-0.3, -0.25) is 9.36 Å². The van der Waals surface area contributed by atoms with Crippen LogP contribution < -0.4 is 19.8 Å². The third-order valence-corrected chi connectivity index (χ3v) is 4.94. The highest BCUT2D eigenvalue weighted by Gasteiger charge is 2.29. The van der Waals surface area contributed by atoms with Crippen LogP contribution >= 0.6 is 0 Å². The van der Waals surface area contributed by atoms with Crippen LogP contribution in [0.5, 0.6) is 17.4 Å². The monoisotopic (exact) mass is 492 g/mol. The fraction of sp³-hybridized carbons (Fsp3) is 0.167. The molecule has 0 radical (unpaired) electrons. The molecule has 0 fully saturated rings. The van der Waals surface area contributed by atoms with E-state index in [1.165, 1.54) is 54.3 Å². The summed E-state index contributed by atoms with van der Waals surface area (Å²) in [5.41, 5.74) is 0.381. The molecule has 2 aromatic carbocycles. The number of alkyl halides is 5. The summed E-state index contributed by atoms with van der Waals surface area (Å²) in [6.45, 7) is -4.58. The van der Waals surface area contributed by atoms with Gasteiger partial charge in [-0.2, -0.15) is 22.0 Å². The van der Waals surface area contributed by atoms with Gasteiger partial charge < -0.3 is 14.2 Å². The van der Waals surface area contributed by atoms with Gasteiger partial charge in [-0.15, -0.1) is 0 Å². The van der Waals surface area contributed by atoms with E-state index >= 15 is 0 Å². The van der Waals surface area contributed by atoms with Crippen molar-refractivity contribution in [3.8, 4) is 34.2 Å². The van der Waals surface area contributed by atoms with Crippen molar-refractivity contribution in [1.29, 1.82) is 0 Å². The molecule has 0 amide bonds. The van der Waals surface area contributed by atoms with Crippen LogP contribution in [0.4, 0.5) is 22.0 Å². The molecule has 2 aromatic heterocycles. The second-order valence-electron chi connectivity index (χ2n) is 7.27. The van der Waals surface area contributed by atoms with Gasteiger partial charge in [-0.25, -0.2) is 4.98 Å². The summed E-state index contributed by atoms with van der Waals surface area (Å²) in [6, 6.07) is 14.7. The molecule has 0 atom stereocenters. The molecule has 2 heterocycles. The molecule has 0 bridgehead atoms. The van der Waals surface area contributed by atoms with Gasteiger partial charge in [0.25, 0.3) is 5.56 Å². The predicted molar refractivity (Wildman–Crippen MR) is 118 cm³/mol. The molecule has 0 saturated carbocycles. The number of halogens is 5. The van der Waals surface area contributed by atoms with Gasteiger partial charge in [0.2, 0.25) is 5.88 Å². The number of nitrogens with zero attached hydrogens (tertiary/aromatic N) is 2. The van der Waals surface area contributed by atoms with Crippen molar-refractivity contribution in [2.75, 3.05) is 13.7 Å². The van der Waals surface area contributed by atoms with Crippen molar-refractivity contribution in [3.63, 3.8) is 0 Å². The molecule has 0 aliphatic carbocycles. The van der Waals surface area contributed by atoms with Gasteiger partial charge in [0.15, 0.2) is 6.61 Å². The lowest BCUT2D eigenvalue weighted by atomic mass is 10.0. The number of benzene rings is 2. The van der Waals surface area contributed by atoms with Gasteiger partial charge in [0, 0.05) is 23.3 Å². The number of pyridine rings is 2. The summed E-state index contributed by atoms with van der Waals surface area (Å²) in [4.78, 5) is 17.7. The quantitative estimate of drug-likeness (QED) is 0.314. The number of hydrogen-bond acceptors (Lipinski definition) is 5. The van der Waals surface area contributed by atoms with E-state index in [1.54, 1.807) is 24.3 Å². The number of ether oxygens (including phenoxy) is 3. The Balaban J connectivity index is 1.89. The van der Waals surface area contributed by atoms with Crippen LogP contribution in [0, 0.1) is 0 Å². The molecule has 0 spiro atoms. The molecule has 0 N–H and O–H groups in total. The van der Waals surface area contributed by atoms with E-state index in [0.29, 0.717) is 22.4 Å². The molecule has 6 nitrogen and oxygen atoms in total. The Kier molecular flexibility index (Phi) is 6.59. The number of aromatic nitrogens is 2. The van der Waals surface area contributed by atoms with Gasteiger partial charge in [-0.05, 0) is 48.0 Å². The molecule has 182 valence electrons. The largest absolute Gasteiger partial charge is 0.497 e. The molecule has 0 saturated heterocycles. The van der Waals surface area contributed by atoms with E-state index in [-0.39, 0.29) is 22.7 Å². The summed E-state index contributed by atoms with van der Waals surface area (Å²) in [5, 5.41) is 0.433. The average molecular weight is 492 g/mol. The first kappa shape index (κ1) is 24.0. The minimum Gasteiger partial charge on any atom is -0.497 e. The van der Waals surface area contributed by atoms with Gasteiger partial charge >= 0.3 is 12.8 Å². The molecular weight excluding hydrogens is 475 g/mol. The second-order valence-corrected chi connectivity index (χ2v) is 7.27. The lowest BCUT2D eigenvalue weighted by molar-refractivity contribution is -0.154. The summed E-state index contributed by atoms with van der Waals surface area (Å²) < 4.78 is 78.5. The van der Waals surface area contributed by atoms with Crippen LogP contribution in [0.2, 0.25) is 0 Å². The molecular formula is C24H17F5N2O4. The van der Waals surface area contributed by atoms with Crippen LogP contribution in [0.15, 0.2) is 71.7 Å². The van der Waals surface area contributed by atoms with E-state index < -0.39 is 25.0 Å². The summed E-state index contributed by atoms with van der Waals surface area (Å²) in [7, 11) is 1.50. The molecule has 0 aliphatic heterocycles. The zero-order valence-electron chi connectivity index (χ0n) is 18.1. The van der Waals surface area contributed by atoms with Gasteiger partial charge in [0.05, 0.1) is 18.2 Å². The first-order valence-corrected chi connectivity index (χ1v) is 10.1. The van der Waals surface area contributed by atoms with Crippen molar-refractivity contribution < 1.29 is 36.2 Å². The zero-order valence-corrected chi connectivity index (χ0v) is 18.1. The van der Waals surface area contributed by atoms with Gasteiger partial charge in [-0.1, -0.05) is 12.1 Å². The van der Waals surface area contributed by atoms with Crippen LogP contribution in [-0.4, -0.2) is 36.1 Å². The Morgan fingerprint density at radius 2 is 1.60 bits per heavy atom. The minimum atomic E-state index is -4.57. The maximum atomic E-state index is 13.5. The lowest BCUT2D eigenvalue weighted by Gasteiger charge is -2.14. The maximum absolute atomic E-state index is 13.5. The van der Waals surface area contributed by atoms with Crippen LogP contribution in [0.1, 0.15) is 0 Å². The van der Waals surface area contributed by atoms with Crippen molar-refractivity contribution in [2.45, 2.75) is 12.8 Å². The van der Waals surface area contributed by atoms with E-state index in [1.807, 2.05) is 0 Å². The van der Waals surface area contributed by atoms with Crippen LogP contribution in [0.3, 0.4) is 0 Å². The Morgan fingerprint density at radius 1 is 0.943 bits per heavy atom. The number of fused-ring (bicyclic) bond motifs is 1. The Bertz CT molecular complexity index is 1380. The average Bonchev–Trinajstić information content (AvgIpc) is 2.82. The zero-order chi connectivity index (χ0) is 25.2. The Morgan fingerprint density at radius 3 is 2.20 bits per heavy atom. The van der Waals surface area contributed by atoms with Crippen molar-refractivity contribution in [1.82, 2.24) is 9.55 Å². The molecule has 0 aliphatic rings.